The summed E-state index contributed by atoms with van der Waals surface area (Å²) >= 11 is 3.33. The molecule has 1 amide bonds. The van der Waals surface area contributed by atoms with Crippen LogP contribution in [0.2, 0.25) is 0 Å². The molecule has 0 aromatic heterocycles. The molecule has 8 heteroatoms. The van der Waals surface area contributed by atoms with E-state index in [0.717, 1.165) is 0 Å². The van der Waals surface area contributed by atoms with Gasteiger partial charge in [-0.15, -0.1) is 0 Å². The molecule has 0 aliphatic rings. The number of hydrogen-bond acceptors (Lipinski definition) is 5. The molecule has 2 aromatic rings. The molecule has 2 aromatic carbocycles. The average Bonchev–Trinajstić information content (AvgIpc) is 2.57. The molecule has 0 aliphatic carbocycles. The van der Waals surface area contributed by atoms with Crippen molar-refractivity contribution in [2.75, 3.05) is 25.6 Å². The Morgan fingerprint density at radius 3 is 2.72 bits per heavy atom. The summed E-state index contributed by atoms with van der Waals surface area (Å²) in [5.74, 6) is -0.0156. The highest BCUT2D eigenvalue weighted by atomic mass is 79.9. The fourth-order valence-electron chi connectivity index (χ4n) is 2.19. The lowest BCUT2D eigenvalue weighted by Gasteiger charge is -2.13. The Bertz CT molecular complexity index is 795. The highest BCUT2D eigenvalue weighted by Crippen LogP contribution is 2.28. The van der Waals surface area contributed by atoms with Crippen LogP contribution in [0.15, 0.2) is 40.9 Å². The second-order valence-electron chi connectivity index (χ2n) is 5.14. The van der Waals surface area contributed by atoms with E-state index < -0.39 is 10.8 Å². The molecule has 0 saturated heterocycles. The van der Waals surface area contributed by atoms with Crippen molar-refractivity contribution in [3.05, 3.63) is 62.1 Å². The van der Waals surface area contributed by atoms with Gasteiger partial charge >= 0.3 is 0 Å². The molecule has 0 fully saturated rings. The minimum absolute atomic E-state index is 0.0522. The fourth-order valence-corrected chi connectivity index (χ4v) is 2.55. The maximum Gasteiger partial charge on any atom is 0.274 e. The first-order valence-corrected chi connectivity index (χ1v) is 8.20. The second-order valence-corrected chi connectivity index (χ2v) is 6.06. The molecule has 1 N–H and O–H groups in total. The number of carbonyl (C=O) groups excluding carboxylic acids is 1. The molecular weight excluding hydrogens is 392 g/mol. The number of rotatable bonds is 7. The summed E-state index contributed by atoms with van der Waals surface area (Å²) in [6.07, 6.45) is 0. The van der Waals surface area contributed by atoms with E-state index in [1.54, 1.807) is 38.3 Å². The molecule has 0 heterocycles. The van der Waals surface area contributed by atoms with Crippen molar-refractivity contribution in [2.24, 2.45) is 0 Å². The van der Waals surface area contributed by atoms with Gasteiger partial charge in [0.25, 0.3) is 11.6 Å². The van der Waals surface area contributed by atoms with Crippen LogP contribution in [-0.2, 0) is 4.74 Å². The first kappa shape index (κ1) is 18.9. The number of halogens is 1. The van der Waals surface area contributed by atoms with Crippen molar-refractivity contribution in [1.82, 2.24) is 0 Å². The molecular formula is C17H17BrN2O5. The second kappa shape index (κ2) is 8.59. The maximum atomic E-state index is 12.6. The molecule has 0 radical (unpaired) electrons. The van der Waals surface area contributed by atoms with Gasteiger partial charge in [0.2, 0.25) is 0 Å². The van der Waals surface area contributed by atoms with Gasteiger partial charge < -0.3 is 14.8 Å². The summed E-state index contributed by atoms with van der Waals surface area (Å²) in [6, 6.07) is 9.60. The number of ether oxygens (including phenoxy) is 2. The minimum atomic E-state index is -0.483. The normalized spacial score (nSPS) is 10.4. The van der Waals surface area contributed by atoms with Crippen molar-refractivity contribution in [3.8, 4) is 5.75 Å². The molecule has 7 nitrogen and oxygen atoms in total. The van der Waals surface area contributed by atoms with E-state index in [9.17, 15) is 14.9 Å². The van der Waals surface area contributed by atoms with Gasteiger partial charge in [-0.2, -0.15) is 0 Å². The lowest BCUT2D eigenvalue weighted by molar-refractivity contribution is -0.385. The van der Waals surface area contributed by atoms with Crippen LogP contribution in [0, 0.1) is 17.0 Å². The topological polar surface area (TPSA) is 90.7 Å². The van der Waals surface area contributed by atoms with Crippen molar-refractivity contribution in [3.63, 3.8) is 0 Å². The van der Waals surface area contributed by atoms with Crippen molar-refractivity contribution in [1.29, 1.82) is 0 Å². The summed E-state index contributed by atoms with van der Waals surface area (Å²) in [5, 5.41) is 13.7. The quantitative estimate of drug-likeness (QED) is 0.425. The number of methoxy groups -OCH3 is 1. The van der Waals surface area contributed by atoms with E-state index in [2.05, 4.69) is 21.2 Å². The van der Waals surface area contributed by atoms with Gasteiger partial charge in [-0.1, -0.05) is 22.0 Å². The number of nitrogens with zero attached hydrogens (tertiary/aromatic N) is 1. The number of nitro benzene ring substituents is 1. The Kier molecular flexibility index (Phi) is 6.49. The number of anilines is 1. The van der Waals surface area contributed by atoms with Crippen molar-refractivity contribution in [2.45, 2.75) is 6.92 Å². The minimum Gasteiger partial charge on any atom is -0.490 e. The molecule has 0 saturated carbocycles. The Morgan fingerprint density at radius 1 is 1.28 bits per heavy atom. The lowest BCUT2D eigenvalue weighted by Crippen LogP contribution is -2.16. The highest BCUT2D eigenvalue weighted by Gasteiger charge is 2.18. The van der Waals surface area contributed by atoms with Crippen LogP contribution in [0.1, 0.15) is 15.9 Å². The van der Waals surface area contributed by atoms with Crippen LogP contribution >= 0.6 is 15.9 Å². The molecule has 25 heavy (non-hydrogen) atoms. The number of nitrogens with one attached hydrogen (secondary N) is 1. The molecule has 0 unspecified atom stereocenters. The molecule has 2 rings (SSSR count). The standard InChI is InChI=1S/C17H17BrN2O5/c1-11-14(4-3-5-15(11)20(22)23)19-17(21)13-10-12(18)6-7-16(13)25-9-8-24-2/h3-7,10H,8-9H2,1-2H3,(H,19,21). The van der Waals surface area contributed by atoms with Gasteiger partial charge in [0, 0.05) is 17.6 Å². The van der Waals surface area contributed by atoms with E-state index in [4.69, 9.17) is 9.47 Å². The predicted octanol–water partition coefficient (Wildman–Crippen LogP) is 3.94. The number of nitro groups is 1. The fraction of sp³-hybridized carbons (Fsp3) is 0.235. The lowest BCUT2D eigenvalue weighted by atomic mass is 10.1. The monoisotopic (exact) mass is 408 g/mol. The molecule has 132 valence electrons. The van der Waals surface area contributed by atoms with Crippen LogP contribution in [0.4, 0.5) is 11.4 Å². The predicted molar refractivity (Wildman–Crippen MR) is 97.3 cm³/mol. The summed E-state index contributed by atoms with van der Waals surface area (Å²) in [4.78, 5) is 23.2. The van der Waals surface area contributed by atoms with Gasteiger partial charge in [-0.05, 0) is 31.2 Å². The van der Waals surface area contributed by atoms with Gasteiger partial charge in [0.15, 0.2) is 0 Å². The van der Waals surface area contributed by atoms with Crippen LogP contribution in [0.3, 0.4) is 0 Å². The summed E-state index contributed by atoms with van der Waals surface area (Å²) in [5.41, 5.74) is 1.03. The van der Waals surface area contributed by atoms with E-state index in [1.165, 1.54) is 12.1 Å². The van der Waals surface area contributed by atoms with Gasteiger partial charge in [0.05, 0.1) is 28.3 Å². The van der Waals surface area contributed by atoms with Crippen molar-refractivity contribution >= 4 is 33.2 Å². The summed E-state index contributed by atoms with van der Waals surface area (Å²) < 4.78 is 11.2. The zero-order chi connectivity index (χ0) is 18.4. The Labute approximate surface area is 153 Å². The third-order valence-corrected chi connectivity index (χ3v) is 3.97. The molecule has 0 aliphatic heterocycles. The maximum absolute atomic E-state index is 12.6. The molecule has 0 spiro atoms. The zero-order valence-corrected chi connectivity index (χ0v) is 15.3. The smallest absolute Gasteiger partial charge is 0.274 e. The largest absolute Gasteiger partial charge is 0.490 e. The summed E-state index contributed by atoms with van der Waals surface area (Å²) in [7, 11) is 1.56. The van der Waals surface area contributed by atoms with Crippen molar-refractivity contribution < 1.29 is 19.2 Å². The van der Waals surface area contributed by atoms with Crippen LogP contribution in [-0.4, -0.2) is 31.2 Å². The summed E-state index contributed by atoms with van der Waals surface area (Å²) in [6.45, 7) is 2.28. The van der Waals surface area contributed by atoms with E-state index in [-0.39, 0.29) is 5.69 Å². The molecule has 0 atom stereocenters. The number of amides is 1. The Hall–Kier alpha value is -2.45. The zero-order valence-electron chi connectivity index (χ0n) is 13.7. The van der Waals surface area contributed by atoms with Gasteiger partial charge in [-0.25, -0.2) is 0 Å². The number of benzene rings is 2. The van der Waals surface area contributed by atoms with Crippen LogP contribution in [0.5, 0.6) is 5.75 Å². The van der Waals surface area contributed by atoms with E-state index >= 15 is 0 Å². The van der Waals surface area contributed by atoms with Crippen LogP contribution < -0.4 is 10.1 Å². The van der Waals surface area contributed by atoms with Crippen LogP contribution in [0.25, 0.3) is 0 Å². The highest BCUT2D eigenvalue weighted by molar-refractivity contribution is 9.10. The SMILES string of the molecule is COCCOc1ccc(Br)cc1C(=O)Nc1cccc([N+](=O)[O-])c1C. The van der Waals surface area contributed by atoms with Gasteiger partial charge in [0.1, 0.15) is 12.4 Å². The van der Waals surface area contributed by atoms with E-state index in [1.807, 2.05) is 0 Å². The molecule has 0 bridgehead atoms. The van der Waals surface area contributed by atoms with E-state index in [0.29, 0.717) is 40.3 Å². The third-order valence-electron chi connectivity index (χ3n) is 3.48. The Balaban J connectivity index is 2.28. The van der Waals surface area contributed by atoms with Gasteiger partial charge in [-0.3, -0.25) is 14.9 Å². The Morgan fingerprint density at radius 2 is 2.04 bits per heavy atom. The average molecular weight is 409 g/mol. The number of hydrogen-bond donors (Lipinski definition) is 1. The third kappa shape index (κ3) is 4.77. The first-order chi connectivity index (χ1) is 11.9. The first-order valence-electron chi connectivity index (χ1n) is 7.40. The number of carbonyl (C=O) groups is 1.